The van der Waals surface area contributed by atoms with Crippen LogP contribution in [0.15, 0.2) is 97.1 Å². The molecule has 0 N–H and O–H groups in total. The second-order valence-electron chi connectivity index (χ2n) is 9.70. The minimum atomic E-state index is -0.173. The van der Waals surface area contributed by atoms with Crippen molar-refractivity contribution in [1.29, 1.82) is 0 Å². The van der Waals surface area contributed by atoms with Gasteiger partial charge in [0.05, 0.1) is 17.8 Å². The van der Waals surface area contributed by atoms with Gasteiger partial charge < -0.3 is 14.4 Å². The van der Waals surface area contributed by atoms with E-state index in [0.717, 1.165) is 57.2 Å². The van der Waals surface area contributed by atoms with Crippen molar-refractivity contribution < 1.29 is 19.1 Å². The number of fused-ring (bicyclic) bond motifs is 2. The normalized spacial score (nSPS) is 10.9. The number of amides is 1. The van der Waals surface area contributed by atoms with Crippen LogP contribution in [0.1, 0.15) is 41.4 Å². The lowest BCUT2D eigenvalue weighted by Crippen LogP contribution is -2.26. The highest BCUT2D eigenvalue weighted by Crippen LogP contribution is 2.27. The van der Waals surface area contributed by atoms with Gasteiger partial charge >= 0.3 is 5.97 Å². The Bertz CT molecular complexity index is 1650. The van der Waals surface area contributed by atoms with E-state index >= 15 is 0 Å². The summed E-state index contributed by atoms with van der Waals surface area (Å²) >= 11 is 0. The minimum absolute atomic E-state index is 0.0831. The number of para-hydroxylation sites is 1. The average Bonchev–Trinajstić information content (AvgIpc) is 2.99. The number of carbonyl (C=O) groups excluding carboxylic acids is 2. The summed E-state index contributed by atoms with van der Waals surface area (Å²) in [5.41, 5.74) is 4.34. The molecule has 1 heterocycles. The second-order valence-corrected chi connectivity index (χ2v) is 9.70. The van der Waals surface area contributed by atoms with Crippen LogP contribution < -0.4 is 9.64 Å². The summed E-state index contributed by atoms with van der Waals surface area (Å²) in [6, 6.07) is 31.6. The van der Waals surface area contributed by atoms with Crippen LogP contribution in [0.3, 0.4) is 0 Å². The topological polar surface area (TPSA) is 68.7 Å². The van der Waals surface area contributed by atoms with Gasteiger partial charge in [0.25, 0.3) is 5.91 Å². The van der Waals surface area contributed by atoms with Gasteiger partial charge in [-0.25, -0.2) is 4.98 Å². The number of benzene rings is 4. The van der Waals surface area contributed by atoms with Crippen molar-refractivity contribution >= 4 is 39.2 Å². The molecule has 5 aromatic rings. The molecule has 0 fully saturated rings. The Balaban J connectivity index is 1.20. The summed E-state index contributed by atoms with van der Waals surface area (Å²) in [5, 5.41) is 3.15. The van der Waals surface area contributed by atoms with E-state index in [4.69, 9.17) is 9.47 Å². The molecular formula is C34H32N2O4. The first kappa shape index (κ1) is 26.9. The Morgan fingerprint density at radius 3 is 2.40 bits per heavy atom. The molecule has 0 radical (unpaired) electrons. The summed E-state index contributed by atoms with van der Waals surface area (Å²) < 4.78 is 11.0. The number of carbonyl (C=O) groups is 2. The quantitative estimate of drug-likeness (QED) is 0.179. The lowest BCUT2D eigenvalue weighted by molar-refractivity contribution is -0.143. The molecule has 1 amide bonds. The molecule has 0 unspecified atom stereocenters. The van der Waals surface area contributed by atoms with E-state index in [1.165, 1.54) is 0 Å². The first-order chi connectivity index (χ1) is 19.5. The van der Waals surface area contributed by atoms with Crippen LogP contribution in [0.25, 0.3) is 21.7 Å². The van der Waals surface area contributed by atoms with E-state index in [-0.39, 0.29) is 11.9 Å². The summed E-state index contributed by atoms with van der Waals surface area (Å²) in [7, 11) is 1.78. The molecule has 5 rings (SSSR count). The van der Waals surface area contributed by atoms with Crippen molar-refractivity contribution in [2.24, 2.45) is 0 Å². The fraction of sp³-hybridized carbons (Fsp3) is 0.206. The van der Waals surface area contributed by atoms with Gasteiger partial charge in [0.1, 0.15) is 12.4 Å². The summed E-state index contributed by atoms with van der Waals surface area (Å²) in [4.78, 5) is 31.0. The molecule has 1 aromatic heterocycles. The van der Waals surface area contributed by atoms with Crippen molar-refractivity contribution in [2.75, 3.05) is 18.6 Å². The number of aromatic nitrogens is 1. The number of hydrogen-bond acceptors (Lipinski definition) is 5. The molecule has 0 spiro atoms. The van der Waals surface area contributed by atoms with E-state index in [0.29, 0.717) is 25.2 Å². The van der Waals surface area contributed by atoms with Crippen molar-refractivity contribution in [3.63, 3.8) is 0 Å². The zero-order valence-corrected chi connectivity index (χ0v) is 22.8. The monoisotopic (exact) mass is 532 g/mol. The van der Waals surface area contributed by atoms with Crippen LogP contribution in [-0.2, 0) is 22.6 Å². The number of ether oxygens (including phenoxy) is 2. The van der Waals surface area contributed by atoms with E-state index in [1.807, 2.05) is 91.0 Å². The zero-order chi connectivity index (χ0) is 27.9. The van der Waals surface area contributed by atoms with Gasteiger partial charge in [-0.15, -0.1) is 0 Å². The number of rotatable bonds is 10. The summed E-state index contributed by atoms with van der Waals surface area (Å²) in [5.74, 6) is 0.510. The Morgan fingerprint density at radius 1 is 0.825 bits per heavy atom. The molecule has 40 heavy (non-hydrogen) atoms. The summed E-state index contributed by atoms with van der Waals surface area (Å²) in [6.07, 6.45) is 1.88. The molecule has 0 atom stereocenters. The fourth-order valence-electron chi connectivity index (χ4n) is 4.65. The lowest BCUT2D eigenvalue weighted by atomic mass is 10.0. The third kappa shape index (κ3) is 6.46. The summed E-state index contributed by atoms with van der Waals surface area (Å²) in [6.45, 7) is 2.59. The Kier molecular flexibility index (Phi) is 8.35. The highest BCUT2D eigenvalue weighted by atomic mass is 16.5. The van der Waals surface area contributed by atoms with Crippen molar-refractivity contribution in [3.8, 4) is 5.75 Å². The van der Waals surface area contributed by atoms with Gasteiger partial charge in [0, 0.05) is 30.1 Å². The van der Waals surface area contributed by atoms with Crippen LogP contribution in [0.5, 0.6) is 5.75 Å². The van der Waals surface area contributed by atoms with Gasteiger partial charge in [-0.05, 0) is 84.6 Å². The van der Waals surface area contributed by atoms with Crippen LogP contribution >= 0.6 is 0 Å². The Hall–Kier alpha value is -4.71. The van der Waals surface area contributed by atoms with Crippen LogP contribution in [0.2, 0.25) is 0 Å². The standard InChI is InChI=1S/C34H32N2O4/c1-3-39-33(37)10-6-7-24-11-13-26(14-12-24)34(38)36(2)30-19-16-28-22-31(20-17-27(28)21-30)40-23-29-18-15-25-8-4-5-9-32(25)35-29/h4-5,8-9,11-22H,3,6-7,10,23H2,1-2H3. The predicted octanol–water partition coefficient (Wildman–Crippen LogP) is 7.13. The maximum absolute atomic E-state index is 13.2. The number of esters is 1. The van der Waals surface area contributed by atoms with E-state index < -0.39 is 0 Å². The number of nitrogens with zero attached hydrogens (tertiary/aromatic N) is 2. The highest BCUT2D eigenvalue weighted by molar-refractivity contribution is 6.06. The molecule has 6 heteroatoms. The first-order valence-corrected chi connectivity index (χ1v) is 13.5. The van der Waals surface area contributed by atoms with Gasteiger partial charge in [-0.3, -0.25) is 9.59 Å². The molecule has 0 saturated heterocycles. The first-order valence-electron chi connectivity index (χ1n) is 13.5. The second kappa shape index (κ2) is 12.4. The third-order valence-electron chi connectivity index (χ3n) is 6.88. The Labute approximate surface area is 234 Å². The van der Waals surface area contributed by atoms with Gasteiger partial charge in [-0.2, -0.15) is 0 Å². The largest absolute Gasteiger partial charge is 0.487 e. The average molecular weight is 533 g/mol. The molecule has 202 valence electrons. The number of aryl methyl sites for hydroxylation is 1. The van der Waals surface area contributed by atoms with Crippen molar-refractivity contribution in [2.45, 2.75) is 32.8 Å². The molecule has 4 aromatic carbocycles. The molecule has 6 nitrogen and oxygen atoms in total. The lowest BCUT2D eigenvalue weighted by Gasteiger charge is -2.18. The van der Waals surface area contributed by atoms with Crippen molar-refractivity contribution in [3.05, 3.63) is 114 Å². The van der Waals surface area contributed by atoms with Crippen molar-refractivity contribution in [1.82, 2.24) is 4.98 Å². The SMILES string of the molecule is CCOC(=O)CCCc1ccc(C(=O)N(C)c2ccc3cc(OCc4ccc5ccccc5n4)ccc3c2)cc1. The molecule has 0 bridgehead atoms. The Morgan fingerprint density at radius 2 is 1.57 bits per heavy atom. The smallest absolute Gasteiger partial charge is 0.305 e. The van der Waals surface area contributed by atoms with Crippen LogP contribution in [0, 0.1) is 0 Å². The molecule has 0 aliphatic carbocycles. The molecular weight excluding hydrogens is 500 g/mol. The number of hydrogen-bond donors (Lipinski definition) is 0. The highest BCUT2D eigenvalue weighted by Gasteiger charge is 2.14. The van der Waals surface area contributed by atoms with Gasteiger partial charge in [0.2, 0.25) is 0 Å². The number of anilines is 1. The zero-order valence-electron chi connectivity index (χ0n) is 22.8. The van der Waals surface area contributed by atoms with E-state index in [2.05, 4.69) is 11.1 Å². The minimum Gasteiger partial charge on any atom is -0.487 e. The number of pyridine rings is 1. The van der Waals surface area contributed by atoms with Gasteiger partial charge in [-0.1, -0.05) is 48.5 Å². The maximum Gasteiger partial charge on any atom is 0.305 e. The predicted molar refractivity (Wildman–Crippen MR) is 159 cm³/mol. The third-order valence-corrected chi connectivity index (χ3v) is 6.88. The van der Waals surface area contributed by atoms with E-state index in [1.54, 1.807) is 18.9 Å². The van der Waals surface area contributed by atoms with Gasteiger partial charge in [0.15, 0.2) is 0 Å². The van der Waals surface area contributed by atoms with E-state index in [9.17, 15) is 9.59 Å². The van der Waals surface area contributed by atoms with Crippen LogP contribution in [0.4, 0.5) is 5.69 Å². The maximum atomic E-state index is 13.2. The molecule has 0 aliphatic heterocycles. The molecule has 0 saturated carbocycles. The fourth-order valence-corrected chi connectivity index (χ4v) is 4.65. The molecule has 0 aliphatic rings. The van der Waals surface area contributed by atoms with Crippen LogP contribution in [-0.4, -0.2) is 30.5 Å².